The second-order valence-corrected chi connectivity index (χ2v) is 4.12. The van der Waals surface area contributed by atoms with Gasteiger partial charge in [0.1, 0.15) is 0 Å². The molecule has 0 saturated heterocycles. The van der Waals surface area contributed by atoms with E-state index < -0.39 is 0 Å². The molecule has 0 aromatic heterocycles. The van der Waals surface area contributed by atoms with E-state index in [1.165, 1.54) is 0 Å². The van der Waals surface area contributed by atoms with E-state index in [1.807, 2.05) is 18.2 Å². The van der Waals surface area contributed by atoms with Crippen molar-refractivity contribution in [3.63, 3.8) is 0 Å². The van der Waals surface area contributed by atoms with E-state index in [2.05, 4.69) is 15.9 Å². The van der Waals surface area contributed by atoms with Crippen molar-refractivity contribution >= 4 is 39.9 Å². The standard InChI is InChI=1S/C9H12BrClN2.ClH/c10-7-5-6(1-2-8(7)11)9(13)3-4-12;/h1-2,5,9H,3-4,12-13H2;1H/t9-;/m1./s1. The normalized spacial score (nSPS) is 12.0. The Balaban J connectivity index is 0.00000169. The highest BCUT2D eigenvalue weighted by Crippen LogP contribution is 2.26. The van der Waals surface area contributed by atoms with Crippen molar-refractivity contribution in [3.8, 4) is 0 Å². The summed E-state index contributed by atoms with van der Waals surface area (Å²) in [4.78, 5) is 0. The fourth-order valence-corrected chi connectivity index (χ4v) is 1.60. The van der Waals surface area contributed by atoms with Crippen LogP contribution in [0, 0.1) is 0 Å². The van der Waals surface area contributed by atoms with Crippen molar-refractivity contribution in [1.29, 1.82) is 0 Å². The van der Waals surface area contributed by atoms with Crippen LogP contribution >= 0.6 is 39.9 Å². The molecule has 80 valence electrons. The second-order valence-electron chi connectivity index (χ2n) is 2.86. The van der Waals surface area contributed by atoms with Gasteiger partial charge in [0, 0.05) is 10.5 Å². The van der Waals surface area contributed by atoms with E-state index in [0.29, 0.717) is 11.6 Å². The van der Waals surface area contributed by atoms with Gasteiger partial charge in [-0.05, 0) is 46.6 Å². The van der Waals surface area contributed by atoms with Crippen LogP contribution in [0.3, 0.4) is 0 Å². The summed E-state index contributed by atoms with van der Waals surface area (Å²) in [6.45, 7) is 0.599. The third-order valence-electron chi connectivity index (χ3n) is 1.85. The predicted molar refractivity (Wildman–Crippen MR) is 67.0 cm³/mol. The molecule has 5 heteroatoms. The van der Waals surface area contributed by atoms with E-state index in [0.717, 1.165) is 16.5 Å². The summed E-state index contributed by atoms with van der Waals surface area (Å²) in [5, 5.41) is 0.698. The van der Waals surface area contributed by atoms with Gasteiger partial charge in [0.15, 0.2) is 0 Å². The molecule has 0 heterocycles. The molecule has 1 aromatic carbocycles. The number of rotatable bonds is 3. The van der Waals surface area contributed by atoms with Gasteiger partial charge in [0.05, 0.1) is 5.02 Å². The van der Waals surface area contributed by atoms with Crippen molar-refractivity contribution < 1.29 is 0 Å². The first-order valence-electron chi connectivity index (χ1n) is 4.05. The zero-order chi connectivity index (χ0) is 9.84. The van der Waals surface area contributed by atoms with Gasteiger partial charge in [0.25, 0.3) is 0 Å². The van der Waals surface area contributed by atoms with Gasteiger partial charge in [-0.2, -0.15) is 0 Å². The Morgan fingerprint density at radius 2 is 2.07 bits per heavy atom. The van der Waals surface area contributed by atoms with E-state index in [4.69, 9.17) is 23.1 Å². The molecule has 0 amide bonds. The molecule has 1 atom stereocenters. The number of hydrogen-bond donors (Lipinski definition) is 2. The first-order valence-corrected chi connectivity index (χ1v) is 5.23. The maximum absolute atomic E-state index is 5.88. The van der Waals surface area contributed by atoms with Crippen molar-refractivity contribution in [2.45, 2.75) is 12.5 Å². The molecular weight excluding hydrogens is 287 g/mol. The maximum Gasteiger partial charge on any atom is 0.0548 e. The second kappa shape index (κ2) is 6.64. The Morgan fingerprint density at radius 1 is 1.43 bits per heavy atom. The van der Waals surface area contributed by atoms with E-state index in [1.54, 1.807) is 0 Å². The third-order valence-corrected chi connectivity index (χ3v) is 3.06. The monoisotopic (exact) mass is 298 g/mol. The van der Waals surface area contributed by atoms with Crippen LogP contribution in [0.15, 0.2) is 22.7 Å². The molecule has 2 nitrogen and oxygen atoms in total. The zero-order valence-corrected chi connectivity index (χ0v) is 10.7. The van der Waals surface area contributed by atoms with Crippen LogP contribution in [-0.4, -0.2) is 6.54 Å². The Labute approximate surface area is 104 Å². The number of hydrogen-bond acceptors (Lipinski definition) is 2. The van der Waals surface area contributed by atoms with Crippen LogP contribution in [0.4, 0.5) is 0 Å². The summed E-state index contributed by atoms with van der Waals surface area (Å²) < 4.78 is 0.874. The average Bonchev–Trinajstić information content (AvgIpc) is 2.10. The minimum Gasteiger partial charge on any atom is -0.330 e. The molecule has 1 rings (SSSR count). The van der Waals surface area contributed by atoms with Crippen LogP contribution in [0.1, 0.15) is 18.0 Å². The maximum atomic E-state index is 5.88. The number of benzene rings is 1. The van der Waals surface area contributed by atoms with Gasteiger partial charge in [-0.3, -0.25) is 0 Å². The average molecular weight is 300 g/mol. The van der Waals surface area contributed by atoms with Gasteiger partial charge in [-0.1, -0.05) is 17.7 Å². The summed E-state index contributed by atoms with van der Waals surface area (Å²) in [6.07, 6.45) is 0.786. The molecular formula is C9H13BrCl2N2. The highest BCUT2D eigenvalue weighted by molar-refractivity contribution is 9.10. The molecule has 0 radical (unpaired) electrons. The number of nitrogens with two attached hydrogens (primary N) is 2. The lowest BCUT2D eigenvalue weighted by molar-refractivity contribution is 0.661. The van der Waals surface area contributed by atoms with Gasteiger partial charge in [-0.25, -0.2) is 0 Å². The molecule has 0 unspecified atom stereocenters. The van der Waals surface area contributed by atoms with Crippen molar-refractivity contribution in [2.75, 3.05) is 6.54 Å². The smallest absolute Gasteiger partial charge is 0.0548 e. The van der Waals surface area contributed by atoms with E-state index >= 15 is 0 Å². The molecule has 4 N–H and O–H groups in total. The molecule has 1 aromatic rings. The Kier molecular flexibility index (Phi) is 6.74. The summed E-state index contributed by atoms with van der Waals surface area (Å²) in [5.74, 6) is 0. The zero-order valence-electron chi connectivity index (χ0n) is 7.54. The van der Waals surface area contributed by atoms with Crippen molar-refractivity contribution in [2.24, 2.45) is 11.5 Å². The highest BCUT2D eigenvalue weighted by atomic mass is 79.9. The lowest BCUT2D eigenvalue weighted by Crippen LogP contribution is -2.15. The SMILES string of the molecule is Cl.NCC[C@@H](N)c1ccc(Cl)c(Br)c1. The van der Waals surface area contributed by atoms with Crippen molar-refractivity contribution in [1.82, 2.24) is 0 Å². The highest BCUT2D eigenvalue weighted by Gasteiger charge is 2.06. The molecule has 0 aliphatic rings. The lowest BCUT2D eigenvalue weighted by Gasteiger charge is -2.11. The van der Waals surface area contributed by atoms with E-state index in [9.17, 15) is 0 Å². The molecule has 0 spiro atoms. The van der Waals surface area contributed by atoms with Gasteiger partial charge >= 0.3 is 0 Å². The molecule has 0 aliphatic carbocycles. The predicted octanol–water partition coefficient (Wildman–Crippen LogP) is 2.87. The minimum absolute atomic E-state index is 0. The Hall–Kier alpha value is 0.200. The lowest BCUT2D eigenvalue weighted by atomic mass is 10.1. The van der Waals surface area contributed by atoms with Crippen LogP contribution in [0.25, 0.3) is 0 Å². The fraction of sp³-hybridized carbons (Fsp3) is 0.333. The molecule has 0 fully saturated rings. The molecule has 0 saturated carbocycles. The summed E-state index contributed by atoms with van der Waals surface area (Å²) >= 11 is 9.20. The molecule has 0 bridgehead atoms. The number of halogens is 3. The van der Waals surface area contributed by atoms with Crippen LogP contribution in [0.5, 0.6) is 0 Å². The first-order chi connectivity index (χ1) is 6.15. The van der Waals surface area contributed by atoms with Gasteiger partial charge in [-0.15, -0.1) is 12.4 Å². The fourth-order valence-electron chi connectivity index (χ4n) is 1.09. The van der Waals surface area contributed by atoms with E-state index in [-0.39, 0.29) is 18.4 Å². The van der Waals surface area contributed by atoms with Crippen LogP contribution in [0.2, 0.25) is 5.02 Å². The van der Waals surface area contributed by atoms with Gasteiger partial charge in [0.2, 0.25) is 0 Å². The summed E-state index contributed by atoms with van der Waals surface area (Å²) in [5.41, 5.74) is 12.4. The third kappa shape index (κ3) is 3.75. The summed E-state index contributed by atoms with van der Waals surface area (Å²) in [6, 6.07) is 5.69. The largest absolute Gasteiger partial charge is 0.330 e. The first kappa shape index (κ1) is 14.2. The van der Waals surface area contributed by atoms with Crippen molar-refractivity contribution in [3.05, 3.63) is 33.3 Å². The quantitative estimate of drug-likeness (QED) is 0.902. The Morgan fingerprint density at radius 3 is 2.57 bits per heavy atom. The topological polar surface area (TPSA) is 52.0 Å². The molecule has 14 heavy (non-hydrogen) atoms. The van der Waals surface area contributed by atoms with Crippen LogP contribution in [-0.2, 0) is 0 Å². The minimum atomic E-state index is -0.00133. The van der Waals surface area contributed by atoms with Gasteiger partial charge < -0.3 is 11.5 Å². The van der Waals surface area contributed by atoms with Crippen LogP contribution < -0.4 is 11.5 Å². The Bertz CT molecular complexity index is 294. The summed E-state index contributed by atoms with van der Waals surface area (Å²) in [7, 11) is 0. The molecule has 0 aliphatic heterocycles.